The summed E-state index contributed by atoms with van der Waals surface area (Å²) in [7, 11) is 0. The molecule has 0 bridgehead atoms. The Kier molecular flexibility index (Phi) is 9.49. The van der Waals surface area contributed by atoms with E-state index in [1.807, 2.05) is 0 Å². The summed E-state index contributed by atoms with van der Waals surface area (Å²) in [6, 6.07) is 88.7. The van der Waals surface area contributed by atoms with Crippen LogP contribution in [0.1, 0.15) is 70.8 Å². The highest BCUT2D eigenvalue weighted by Gasteiger charge is 2.42. The van der Waals surface area contributed by atoms with Crippen molar-refractivity contribution in [2.24, 2.45) is 0 Å². The molecule has 0 aromatic heterocycles. The predicted octanol–water partition coefficient (Wildman–Crippen LogP) is 17.4. The van der Waals surface area contributed by atoms with Gasteiger partial charge in [0.2, 0.25) is 0 Å². The predicted molar refractivity (Wildman–Crippen MR) is 288 cm³/mol. The van der Waals surface area contributed by atoms with Crippen LogP contribution in [-0.4, -0.2) is 0 Å². The SMILES string of the molecule is CC1(C)c2ccccc2-c2ccc(N(c3ccc4c(c3)C(C)(c3ccccc3)c3ccccc3-4)c3cccc4c3-c3ccccc3Cc3ccccc3N(c3ccccc3)c3ccccc3C4)cc21. The van der Waals surface area contributed by atoms with Crippen LogP contribution in [0.5, 0.6) is 0 Å². The molecule has 0 radical (unpaired) electrons. The van der Waals surface area contributed by atoms with Gasteiger partial charge in [-0.2, -0.15) is 0 Å². The Hall–Kier alpha value is -8.20. The Morgan fingerprint density at radius 3 is 1.52 bits per heavy atom. The molecule has 10 aromatic rings. The molecule has 10 aromatic carbocycles. The first-order valence-electron chi connectivity index (χ1n) is 24.4. The molecule has 0 N–H and O–H groups in total. The van der Waals surface area contributed by atoms with Crippen LogP contribution in [0.3, 0.4) is 0 Å². The van der Waals surface area contributed by atoms with E-state index in [0.717, 1.165) is 35.6 Å². The summed E-state index contributed by atoms with van der Waals surface area (Å²) < 4.78 is 0. The molecule has 1 unspecified atom stereocenters. The minimum atomic E-state index is -0.356. The average molecular weight is 885 g/mol. The van der Waals surface area contributed by atoms with Crippen molar-refractivity contribution in [2.75, 3.05) is 9.80 Å². The van der Waals surface area contributed by atoms with Gasteiger partial charge in [-0.3, -0.25) is 0 Å². The van der Waals surface area contributed by atoms with Gasteiger partial charge in [-0.1, -0.05) is 196 Å². The van der Waals surface area contributed by atoms with Crippen molar-refractivity contribution >= 4 is 34.1 Å². The van der Waals surface area contributed by atoms with Gasteiger partial charge < -0.3 is 9.80 Å². The summed E-state index contributed by atoms with van der Waals surface area (Å²) in [5.41, 5.74) is 26.0. The van der Waals surface area contributed by atoms with E-state index in [4.69, 9.17) is 0 Å². The van der Waals surface area contributed by atoms with Gasteiger partial charge in [0.05, 0.1) is 5.69 Å². The van der Waals surface area contributed by atoms with Crippen LogP contribution in [0.15, 0.2) is 237 Å². The molecule has 330 valence electrons. The van der Waals surface area contributed by atoms with Crippen molar-refractivity contribution in [3.05, 3.63) is 287 Å². The molecule has 13 rings (SSSR count). The van der Waals surface area contributed by atoms with Crippen LogP contribution in [0.25, 0.3) is 33.4 Å². The van der Waals surface area contributed by atoms with Crippen molar-refractivity contribution < 1.29 is 0 Å². The maximum Gasteiger partial charge on any atom is 0.0543 e. The molecule has 69 heavy (non-hydrogen) atoms. The molecule has 3 aliphatic rings. The number of rotatable bonds is 5. The number of nitrogens with zero attached hydrogens (tertiary/aromatic N) is 2. The number of anilines is 6. The fraction of sp³-hybridized carbons (Fsp3) is 0.104. The van der Waals surface area contributed by atoms with E-state index in [1.54, 1.807) is 0 Å². The van der Waals surface area contributed by atoms with Crippen LogP contribution in [0, 0.1) is 0 Å². The van der Waals surface area contributed by atoms with Crippen LogP contribution >= 0.6 is 0 Å². The van der Waals surface area contributed by atoms with Crippen molar-refractivity contribution in [2.45, 2.75) is 44.4 Å². The molecular weight excluding hydrogens is 833 g/mol. The summed E-state index contributed by atoms with van der Waals surface area (Å²) in [6.45, 7) is 7.21. The molecule has 2 nitrogen and oxygen atoms in total. The van der Waals surface area contributed by atoms with Crippen LogP contribution in [0.4, 0.5) is 34.1 Å². The average Bonchev–Trinajstić information content (AvgIpc) is 3.78. The third-order valence-electron chi connectivity index (χ3n) is 15.6. The van der Waals surface area contributed by atoms with E-state index < -0.39 is 0 Å². The van der Waals surface area contributed by atoms with Crippen molar-refractivity contribution in [3.8, 4) is 33.4 Å². The second-order valence-electron chi connectivity index (χ2n) is 19.8. The van der Waals surface area contributed by atoms with Gasteiger partial charge in [-0.25, -0.2) is 0 Å². The third kappa shape index (κ3) is 6.39. The Bertz CT molecular complexity index is 3620. The van der Waals surface area contributed by atoms with Crippen LogP contribution in [-0.2, 0) is 23.7 Å². The van der Waals surface area contributed by atoms with E-state index >= 15 is 0 Å². The standard InChI is InChI=1S/C67H52N2/c1-66(2)58-32-16-14-30-54(58)56-39-37-51(43-60(56)66)68(52-38-40-57-55-31-15-17-33-59(55)67(3,61(57)44-52)49-25-6-4-7-26-49)64-36-20-24-48-42-47-23-12-19-35-63(47)69(50-27-8-5-9-28-50)62-34-18-11-22-46(62)41-45-21-10-13-29-53(45)65(48)64/h4-40,43-44H,41-42H2,1-3H3. The highest BCUT2D eigenvalue weighted by molar-refractivity contribution is 5.95. The lowest BCUT2D eigenvalue weighted by molar-refractivity contribution is 0.660. The lowest BCUT2D eigenvalue weighted by atomic mass is 9.74. The third-order valence-corrected chi connectivity index (χ3v) is 15.6. The maximum atomic E-state index is 2.58. The fourth-order valence-corrected chi connectivity index (χ4v) is 12.3. The van der Waals surface area contributed by atoms with Gasteiger partial charge in [0.25, 0.3) is 0 Å². The Morgan fingerprint density at radius 1 is 0.362 bits per heavy atom. The minimum absolute atomic E-state index is 0.173. The Morgan fingerprint density at radius 2 is 0.841 bits per heavy atom. The van der Waals surface area contributed by atoms with Gasteiger partial charge in [0.1, 0.15) is 0 Å². The van der Waals surface area contributed by atoms with E-state index in [1.165, 1.54) is 94.8 Å². The van der Waals surface area contributed by atoms with Crippen molar-refractivity contribution in [1.82, 2.24) is 0 Å². The summed E-state index contributed by atoms with van der Waals surface area (Å²) in [5.74, 6) is 0. The summed E-state index contributed by atoms with van der Waals surface area (Å²) in [4.78, 5) is 5.06. The number of fused-ring (bicyclic) bond motifs is 11. The molecule has 0 fully saturated rings. The fourth-order valence-electron chi connectivity index (χ4n) is 12.3. The second kappa shape index (κ2) is 16.0. The van der Waals surface area contributed by atoms with Crippen molar-refractivity contribution in [3.63, 3.8) is 0 Å². The molecule has 0 amide bonds. The number of benzene rings is 10. The Balaban J connectivity index is 1.09. The van der Waals surface area contributed by atoms with E-state index in [2.05, 4.69) is 267 Å². The zero-order valence-corrected chi connectivity index (χ0v) is 39.3. The normalized spacial score (nSPS) is 15.8. The van der Waals surface area contributed by atoms with E-state index in [0.29, 0.717) is 0 Å². The molecular formula is C67H52N2. The van der Waals surface area contributed by atoms with Gasteiger partial charge in [0.15, 0.2) is 0 Å². The largest absolute Gasteiger partial charge is 0.310 e. The smallest absolute Gasteiger partial charge is 0.0543 e. The number of hydrogen-bond acceptors (Lipinski definition) is 2. The zero-order valence-electron chi connectivity index (χ0n) is 39.3. The first-order valence-corrected chi connectivity index (χ1v) is 24.4. The zero-order chi connectivity index (χ0) is 46.3. The van der Waals surface area contributed by atoms with Crippen LogP contribution < -0.4 is 9.80 Å². The number of para-hydroxylation sites is 3. The highest BCUT2D eigenvalue weighted by atomic mass is 15.2. The monoisotopic (exact) mass is 884 g/mol. The van der Waals surface area contributed by atoms with Gasteiger partial charge in [0, 0.05) is 57.7 Å². The van der Waals surface area contributed by atoms with Crippen LogP contribution in [0.2, 0.25) is 0 Å². The van der Waals surface area contributed by atoms with Gasteiger partial charge in [-0.15, -0.1) is 0 Å². The maximum absolute atomic E-state index is 2.58. The molecule has 1 atom stereocenters. The number of hydrogen-bond donors (Lipinski definition) is 0. The Labute approximate surface area is 406 Å². The molecule has 1 aliphatic heterocycles. The molecule has 2 heteroatoms. The van der Waals surface area contributed by atoms with E-state index in [9.17, 15) is 0 Å². The first-order chi connectivity index (χ1) is 33.9. The quantitative estimate of drug-likeness (QED) is 0.170. The minimum Gasteiger partial charge on any atom is -0.310 e. The molecule has 1 heterocycles. The lowest BCUT2D eigenvalue weighted by Crippen LogP contribution is -2.23. The first kappa shape index (κ1) is 41.0. The summed E-state index contributed by atoms with van der Waals surface area (Å²) in [5, 5.41) is 0. The molecule has 0 saturated heterocycles. The van der Waals surface area contributed by atoms with E-state index in [-0.39, 0.29) is 10.8 Å². The lowest BCUT2D eigenvalue weighted by Gasteiger charge is -2.33. The summed E-state index contributed by atoms with van der Waals surface area (Å²) in [6.07, 6.45) is 1.51. The topological polar surface area (TPSA) is 6.48 Å². The van der Waals surface area contributed by atoms with Crippen molar-refractivity contribution in [1.29, 1.82) is 0 Å². The molecule has 0 spiro atoms. The highest BCUT2D eigenvalue weighted by Crippen LogP contribution is 2.56. The summed E-state index contributed by atoms with van der Waals surface area (Å²) >= 11 is 0. The second-order valence-corrected chi connectivity index (χ2v) is 19.8. The van der Waals surface area contributed by atoms with Gasteiger partial charge >= 0.3 is 0 Å². The molecule has 2 aliphatic carbocycles. The molecule has 0 saturated carbocycles. The van der Waals surface area contributed by atoms with Gasteiger partial charge in [-0.05, 0) is 139 Å².